The molecule has 5 nitrogen and oxygen atoms in total. The van der Waals surface area contributed by atoms with Gasteiger partial charge in [0.25, 0.3) is 0 Å². The Hall–Kier alpha value is -1.47. The maximum atomic E-state index is 13.6. The number of hydrogen-bond acceptors (Lipinski definition) is 4. The lowest BCUT2D eigenvalue weighted by molar-refractivity contribution is -0.120. The molecule has 1 atom stereocenters. The minimum absolute atomic E-state index is 0.0856. The van der Waals surface area contributed by atoms with Crippen LogP contribution in [-0.2, 0) is 15.6 Å². The van der Waals surface area contributed by atoms with Crippen molar-refractivity contribution >= 4 is 28.1 Å². The minimum Gasteiger partial charge on any atom is -0.399 e. The van der Waals surface area contributed by atoms with E-state index in [1.165, 1.54) is 18.2 Å². The fourth-order valence-corrected chi connectivity index (χ4v) is 3.16. The summed E-state index contributed by atoms with van der Waals surface area (Å²) in [4.78, 5) is 14.1. The van der Waals surface area contributed by atoms with Gasteiger partial charge in [-0.25, -0.2) is 4.39 Å². The minimum atomic E-state index is -0.785. The smallest absolute Gasteiger partial charge is 0.241 e. The highest BCUT2D eigenvalue weighted by Gasteiger charge is 2.25. The number of nitrogens with zero attached hydrogens (tertiary/aromatic N) is 1. The number of nitrogens with one attached hydrogen (secondary N) is 1. The van der Waals surface area contributed by atoms with E-state index in [-0.39, 0.29) is 11.6 Å². The molecule has 1 saturated heterocycles. The fourth-order valence-electron chi connectivity index (χ4n) is 2.08. The van der Waals surface area contributed by atoms with Gasteiger partial charge in [0.05, 0.1) is 11.7 Å². The van der Waals surface area contributed by atoms with Gasteiger partial charge in [-0.3, -0.25) is 13.9 Å². The van der Waals surface area contributed by atoms with Gasteiger partial charge < -0.3 is 11.1 Å². The summed E-state index contributed by atoms with van der Waals surface area (Å²) in [5.74, 6) is 0.343. The molecule has 0 aliphatic carbocycles. The number of benzene rings is 1. The lowest BCUT2D eigenvalue weighted by atomic mass is 10.2. The van der Waals surface area contributed by atoms with Crippen LogP contribution in [0.25, 0.3) is 0 Å². The summed E-state index contributed by atoms with van der Waals surface area (Å²) in [6, 6.07) is 3.66. The van der Waals surface area contributed by atoms with Crippen LogP contribution in [-0.4, -0.2) is 45.7 Å². The van der Waals surface area contributed by atoms with Gasteiger partial charge in [-0.15, -0.1) is 0 Å². The molecule has 7 heteroatoms. The number of carbonyl (C=O) groups is 1. The third-order valence-corrected chi connectivity index (χ3v) is 4.66. The lowest BCUT2D eigenvalue weighted by Crippen LogP contribution is -2.48. The summed E-state index contributed by atoms with van der Waals surface area (Å²) in [5.41, 5.74) is 6.05. The number of amides is 1. The second-order valence-electron chi connectivity index (χ2n) is 4.79. The molecule has 0 spiro atoms. The normalized spacial score (nSPS) is 18.7. The molecular formula is C13H18FN3O2S. The van der Waals surface area contributed by atoms with E-state index in [2.05, 4.69) is 5.32 Å². The molecule has 1 amide bonds. The number of rotatable bonds is 3. The molecule has 1 aromatic carbocycles. The second kappa shape index (κ2) is 6.32. The highest BCUT2D eigenvalue weighted by Crippen LogP contribution is 2.18. The van der Waals surface area contributed by atoms with Gasteiger partial charge in [0.1, 0.15) is 5.82 Å². The van der Waals surface area contributed by atoms with E-state index in [9.17, 15) is 13.4 Å². The van der Waals surface area contributed by atoms with Crippen LogP contribution in [0.1, 0.15) is 6.92 Å². The van der Waals surface area contributed by atoms with Crippen LogP contribution >= 0.6 is 0 Å². The molecule has 20 heavy (non-hydrogen) atoms. The van der Waals surface area contributed by atoms with Crippen molar-refractivity contribution in [3.63, 3.8) is 0 Å². The number of halogens is 1. The van der Waals surface area contributed by atoms with E-state index < -0.39 is 22.7 Å². The molecule has 0 saturated carbocycles. The molecule has 3 N–H and O–H groups in total. The van der Waals surface area contributed by atoms with Gasteiger partial charge in [0, 0.05) is 41.1 Å². The first-order chi connectivity index (χ1) is 9.47. The summed E-state index contributed by atoms with van der Waals surface area (Å²) in [5, 5.41) is 2.55. The SMILES string of the molecule is CC(C(=O)Nc1cc(N)ccc1F)N1CCS(=O)CC1. The van der Waals surface area contributed by atoms with Crippen LogP contribution in [0, 0.1) is 5.82 Å². The van der Waals surface area contributed by atoms with Crippen molar-refractivity contribution in [1.29, 1.82) is 0 Å². The first-order valence-electron chi connectivity index (χ1n) is 6.42. The number of nitrogen functional groups attached to an aromatic ring is 1. The van der Waals surface area contributed by atoms with E-state index in [4.69, 9.17) is 5.73 Å². The highest BCUT2D eigenvalue weighted by atomic mass is 32.2. The Morgan fingerprint density at radius 1 is 1.45 bits per heavy atom. The molecular weight excluding hydrogens is 281 g/mol. The number of nitrogens with two attached hydrogens (primary N) is 1. The van der Waals surface area contributed by atoms with Gasteiger partial charge in [-0.05, 0) is 25.1 Å². The van der Waals surface area contributed by atoms with Crippen LogP contribution in [0.4, 0.5) is 15.8 Å². The maximum absolute atomic E-state index is 13.6. The monoisotopic (exact) mass is 299 g/mol. The summed E-state index contributed by atoms with van der Waals surface area (Å²) < 4.78 is 24.9. The third kappa shape index (κ3) is 3.55. The third-order valence-electron chi connectivity index (χ3n) is 3.39. The zero-order chi connectivity index (χ0) is 14.7. The van der Waals surface area contributed by atoms with Crippen LogP contribution in [0.3, 0.4) is 0 Å². The zero-order valence-corrected chi connectivity index (χ0v) is 12.1. The van der Waals surface area contributed by atoms with Gasteiger partial charge in [-0.1, -0.05) is 0 Å². The molecule has 1 aromatic rings. The van der Waals surface area contributed by atoms with E-state index >= 15 is 0 Å². The van der Waals surface area contributed by atoms with Crippen molar-refractivity contribution in [3.05, 3.63) is 24.0 Å². The molecule has 1 aliphatic rings. The van der Waals surface area contributed by atoms with E-state index in [0.717, 1.165) is 0 Å². The van der Waals surface area contributed by atoms with E-state index in [0.29, 0.717) is 30.3 Å². The Bertz CT molecular complexity index is 528. The Balaban J connectivity index is 2.00. The molecule has 0 bridgehead atoms. The molecule has 0 aromatic heterocycles. The van der Waals surface area contributed by atoms with Crippen molar-refractivity contribution in [2.24, 2.45) is 0 Å². The molecule has 2 rings (SSSR count). The zero-order valence-electron chi connectivity index (χ0n) is 11.3. The van der Waals surface area contributed by atoms with Gasteiger partial charge in [0.15, 0.2) is 0 Å². The highest BCUT2D eigenvalue weighted by molar-refractivity contribution is 7.85. The number of anilines is 2. The average molecular weight is 299 g/mol. The molecule has 1 unspecified atom stereocenters. The first-order valence-corrected chi connectivity index (χ1v) is 7.91. The largest absolute Gasteiger partial charge is 0.399 e. The lowest BCUT2D eigenvalue weighted by Gasteiger charge is -2.31. The van der Waals surface area contributed by atoms with Crippen molar-refractivity contribution in [2.75, 3.05) is 35.6 Å². The predicted molar refractivity (Wildman–Crippen MR) is 78.4 cm³/mol. The van der Waals surface area contributed by atoms with Crippen LogP contribution in [0.2, 0.25) is 0 Å². The summed E-state index contributed by atoms with van der Waals surface area (Å²) in [6.45, 7) is 2.98. The summed E-state index contributed by atoms with van der Waals surface area (Å²) >= 11 is 0. The van der Waals surface area contributed by atoms with Crippen molar-refractivity contribution in [1.82, 2.24) is 4.90 Å². The number of carbonyl (C=O) groups excluding carboxylic acids is 1. The average Bonchev–Trinajstić information content (AvgIpc) is 2.43. The topological polar surface area (TPSA) is 75.4 Å². The molecule has 110 valence electrons. The molecule has 1 heterocycles. The Morgan fingerprint density at radius 2 is 2.10 bits per heavy atom. The Labute approximate surface area is 119 Å². The number of hydrogen-bond donors (Lipinski definition) is 2. The van der Waals surface area contributed by atoms with Crippen LogP contribution in [0.5, 0.6) is 0 Å². The van der Waals surface area contributed by atoms with E-state index in [1.54, 1.807) is 6.92 Å². The molecule has 0 radical (unpaired) electrons. The van der Waals surface area contributed by atoms with Gasteiger partial charge >= 0.3 is 0 Å². The predicted octanol–water partition coefficient (Wildman–Crippen LogP) is 0.799. The molecule has 1 aliphatic heterocycles. The Kier molecular flexibility index (Phi) is 4.72. The second-order valence-corrected chi connectivity index (χ2v) is 6.48. The summed E-state index contributed by atoms with van der Waals surface area (Å²) in [7, 11) is -0.785. The fraction of sp³-hybridized carbons (Fsp3) is 0.462. The quantitative estimate of drug-likeness (QED) is 0.810. The van der Waals surface area contributed by atoms with Gasteiger partial charge in [0.2, 0.25) is 5.91 Å². The molecule has 1 fully saturated rings. The van der Waals surface area contributed by atoms with Crippen LogP contribution in [0.15, 0.2) is 18.2 Å². The summed E-state index contributed by atoms with van der Waals surface area (Å²) in [6.07, 6.45) is 0. The first kappa shape index (κ1) is 14.9. The van der Waals surface area contributed by atoms with Crippen molar-refractivity contribution in [3.8, 4) is 0 Å². The van der Waals surface area contributed by atoms with Crippen molar-refractivity contribution in [2.45, 2.75) is 13.0 Å². The van der Waals surface area contributed by atoms with E-state index in [1.807, 2.05) is 4.90 Å². The van der Waals surface area contributed by atoms with Gasteiger partial charge in [-0.2, -0.15) is 0 Å². The van der Waals surface area contributed by atoms with Crippen molar-refractivity contribution < 1.29 is 13.4 Å². The Morgan fingerprint density at radius 3 is 2.75 bits per heavy atom. The standard InChI is InChI=1S/C13H18FN3O2S/c1-9(17-4-6-20(19)7-5-17)13(18)16-12-8-10(15)2-3-11(12)14/h2-3,8-9H,4-7,15H2,1H3,(H,16,18). The van der Waals surface area contributed by atoms with Crippen LogP contribution < -0.4 is 11.1 Å². The maximum Gasteiger partial charge on any atom is 0.241 e.